The van der Waals surface area contributed by atoms with Gasteiger partial charge in [0.25, 0.3) is 0 Å². The summed E-state index contributed by atoms with van der Waals surface area (Å²) >= 11 is 0. The summed E-state index contributed by atoms with van der Waals surface area (Å²) in [5, 5.41) is 20.2. The molecule has 4 N–H and O–H groups in total. The van der Waals surface area contributed by atoms with Crippen molar-refractivity contribution in [1.82, 2.24) is 0 Å². The van der Waals surface area contributed by atoms with Crippen LogP contribution in [0.25, 0.3) is 21.7 Å². The van der Waals surface area contributed by atoms with Crippen LogP contribution >= 0.6 is 0 Å². The van der Waals surface area contributed by atoms with Gasteiger partial charge in [-0.1, -0.05) is 12.1 Å². The number of carbonyl (C=O) groups is 2. The summed E-state index contributed by atoms with van der Waals surface area (Å²) in [7, 11) is 0. The molecule has 0 spiro atoms. The molecule has 1 heterocycles. The summed E-state index contributed by atoms with van der Waals surface area (Å²) in [5.74, 6) is -1.71. The molecule has 0 radical (unpaired) electrons. The molecule has 1 aromatic heterocycles. The first-order valence-electron chi connectivity index (χ1n) is 8.17. The topological polar surface area (TPSA) is 140 Å². The minimum absolute atomic E-state index is 0.0417. The van der Waals surface area contributed by atoms with Crippen LogP contribution in [0.4, 0.5) is 0 Å². The lowest BCUT2D eigenvalue weighted by atomic mass is 10.0. The van der Waals surface area contributed by atoms with Crippen molar-refractivity contribution in [3.8, 4) is 5.75 Å². The number of ether oxygens (including phenoxy) is 1. The van der Waals surface area contributed by atoms with Gasteiger partial charge in [-0.15, -0.1) is 0 Å². The number of esters is 1. The van der Waals surface area contributed by atoms with Gasteiger partial charge in [0, 0.05) is 28.8 Å². The first kappa shape index (κ1) is 18.4. The number of fused-ring (bicyclic) bond motifs is 3. The van der Waals surface area contributed by atoms with Crippen molar-refractivity contribution < 1.29 is 29.0 Å². The van der Waals surface area contributed by atoms with E-state index >= 15 is 0 Å². The zero-order chi connectivity index (χ0) is 19.6. The fourth-order valence-corrected chi connectivity index (χ4v) is 2.75. The highest BCUT2D eigenvalue weighted by molar-refractivity contribution is 6.05. The van der Waals surface area contributed by atoms with Gasteiger partial charge < -0.3 is 25.1 Å². The maximum absolute atomic E-state index is 11.9. The monoisotopic (exact) mass is 371 g/mol. The molecule has 0 aliphatic carbocycles. The van der Waals surface area contributed by atoms with Gasteiger partial charge in [0.15, 0.2) is 0 Å². The van der Waals surface area contributed by atoms with Crippen molar-refractivity contribution in [2.45, 2.75) is 25.5 Å². The van der Waals surface area contributed by atoms with E-state index in [1.165, 1.54) is 12.1 Å². The normalized spacial score (nSPS) is 12.2. The van der Waals surface area contributed by atoms with E-state index in [9.17, 15) is 19.5 Å². The second-order valence-corrected chi connectivity index (χ2v) is 6.08. The Kier molecular flexibility index (Phi) is 5.09. The standard InChI is InChI=1S/C19H17NO7/c20-15(19(24)25)5-6-16(22)26-9-11-8-17(23)27-18-13-4-2-12(21)7-10(13)1-3-14(11)18/h1-4,7-8,15,21H,5-6,9,20H2,(H,24,25)/t15-/m0/s1. The van der Waals surface area contributed by atoms with Crippen molar-refractivity contribution in [3.05, 3.63) is 52.4 Å². The average molecular weight is 371 g/mol. The van der Waals surface area contributed by atoms with Gasteiger partial charge in [-0.25, -0.2) is 4.79 Å². The average Bonchev–Trinajstić information content (AvgIpc) is 2.63. The number of nitrogens with two attached hydrogens (primary N) is 1. The van der Waals surface area contributed by atoms with Crippen LogP contribution < -0.4 is 11.4 Å². The van der Waals surface area contributed by atoms with Gasteiger partial charge in [0.1, 0.15) is 24.0 Å². The number of hydrogen-bond donors (Lipinski definition) is 3. The first-order chi connectivity index (χ1) is 12.8. The molecule has 8 nitrogen and oxygen atoms in total. The van der Waals surface area contributed by atoms with Crippen LogP contribution in [-0.4, -0.2) is 28.2 Å². The molecule has 8 heteroatoms. The van der Waals surface area contributed by atoms with Crippen LogP contribution in [0.2, 0.25) is 0 Å². The second-order valence-electron chi connectivity index (χ2n) is 6.08. The molecule has 0 saturated carbocycles. The molecule has 0 amide bonds. The number of carboxylic acid groups (broad SMARTS) is 1. The van der Waals surface area contributed by atoms with Gasteiger partial charge in [-0.05, 0) is 30.0 Å². The summed E-state index contributed by atoms with van der Waals surface area (Å²) in [5.41, 5.74) is 5.55. The van der Waals surface area contributed by atoms with E-state index in [0.717, 1.165) is 0 Å². The van der Waals surface area contributed by atoms with Crippen LogP contribution in [0.3, 0.4) is 0 Å². The molecule has 3 aromatic rings. The molecule has 0 aliphatic rings. The Hall–Kier alpha value is -3.39. The molecule has 27 heavy (non-hydrogen) atoms. The minimum atomic E-state index is -1.19. The lowest BCUT2D eigenvalue weighted by molar-refractivity contribution is -0.145. The third kappa shape index (κ3) is 4.06. The first-order valence-corrected chi connectivity index (χ1v) is 8.17. The van der Waals surface area contributed by atoms with Gasteiger partial charge in [-0.2, -0.15) is 0 Å². The van der Waals surface area contributed by atoms with Crippen LogP contribution in [-0.2, 0) is 20.9 Å². The highest BCUT2D eigenvalue weighted by Gasteiger charge is 2.15. The predicted molar refractivity (Wildman–Crippen MR) is 96.3 cm³/mol. The third-order valence-electron chi connectivity index (χ3n) is 4.16. The van der Waals surface area contributed by atoms with E-state index in [1.54, 1.807) is 24.3 Å². The predicted octanol–water partition coefficient (Wildman–Crippen LogP) is 1.89. The van der Waals surface area contributed by atoms with E-state index in [1.807, 2.05) is 0 Å². The SMILES string of the molecule is N[C@@H](CCC(=O)OCc1cc(=O)oc2c1ccc1cc(O)ccc12)C(=O)O. The molecule has 0 fully saturated rings. The van der Waals surface area contributed by atoms with Gasteiger partial charge >= 0.3 is 17.6 Å². The van der Waals surface area contributed by atoms with Gasteiger partial charge in [-0.3, -0.25) is 9.59 Å². The number of hydrogen-bond acceptors (Lipinski definition) is 7. The number of phenols is 1. The molecule has 0 saturated heterocycles. The van der Waals surface area contributed by atoms with E-state index < -0.39 is 23.6 Å². The molecular formula is C19H17NO7. The maximum Gasteiger partial charge on any atom is 0.336 e. The highest BCUT2D eigenvalue weighted by atomic mass is 16.5. The van der Waals surface area contributed by atoms with Crippen molar-refractivity contribution in [3.63, 3.8) is 0 Å². The summed E-state index contributed by atoms with van der Waals surface area (Å²) in [6.07, 6.45) is -0.185. The van der Waals surface area contributed by atoms with Crippen molar-refractivity contribution in [2.75, 3.05) is 0 Å². The van der Waals surface area contributed by atoms with E-state index in [2.05, 4.69) is 0 Å². The molecule has 3 rings (SSSR count). The number of carboxylic acids is 1. The van der Waals surface area contributed by atoms with Crippen molar-refractivity contribution in [1.29, 1.82) is 0 Å². The Labute approximate surface area is 152 Å². The van der Waals surface area contributed by atoms with Crippen LogP contribution in [0.5, 0.6) is 5.75 Å². The zero-order valence-corrected chi connectivity index (χ0v) is 14.2. The maximum atomic E-state index is 11.9. The molecule has 140 valence electrons. The molecular weight excluding hydrogens is 354 g/mol. The number of benzene rings is 2. The van der Waals surface area contributed by atoms with Crippen LogP contribution in [0.1, 0.15) is 18.4 Å². The smallest absolute Gasteiger partial charge is 0.336 e. The Morgan fingerprint density at radius 2 is 1.89 bits per heavy atom. The van der Waals surface area contributed by atoms with Crippen molar-refractivity contribution in [2.24, 2.45) is 5.73 Å². The Morgan fingerprint density at radius 3 is 2.63 bits per heavy atom. The fraction of sp³-hybridized carbons (Fsp3) is 0.211. The summed E-state index contributed by atoms with van der Waals surface area (Å²) < 4.78 is 10.5. The second kappa shape index (κ2) is 7.46. The van der Waals surface area contributed by atoms with E-state index in [0.29, 0.717) is 27.3 Å². The van der Waals surface area contributed by atoms with E-state index in [4.69, 9.17) is 20.0 Å². The largest absolute Gasteiger partial charge is 0.508 e. The quantitative estimate of drug-likeness (QED) is 0.339. The van der Waals surface area contributed by atoms with Gasteiger partial charge in [0.05, 0.1) is 0 Å². The third-order valence-corrected chi connectivity index (χ3v) is 4.16. The van der Waals surface area contributed by atoms with E-state index in [-0.39, 0.29) is 25.2 Å². The van der Waals surface area contributed by atoms with Gasteiger partial charge in [0.2, 0.25) is 0 Å². The number of rotatable bonds is 6. The number of phenolic OH excluding ortho intramolecular Hbond substituents is 1. The minimum Gasteiger partial charge on any atom is -0.508 e. The Bertz CT molecular complexity index is 1090. The Balaban J connectivity index is 1.84. The molecule has 0 bridgehead atoms. The zero-order valence-electron chi connectivity index (χ0n) is 14.2. The number of aliphatic carboxylic acids is 1. The van der Waals surface area contributed by atoms with Crippen molar-refractivity contribution >= 4 is 33.7 Å². The Morgan fingerprint density at radius 1 is 1.15 bits per heavy atom. The molecule has 0 aliphatic heterocycles. The van der Waals surface area contributed by atoms with Crippen LogP contribution in [0, 0.1) is 0 Å². The molecule has 1 atom stereocenters. The number of carbonyl (C=O) groups excluding carboxylic acids is 1. The lowest BCUT2D eigenvalue weighted by Crippen LogP contribution is -2.30. The number of aromatic hydroxyl groups is 1. The molecule has 2 aromatic carbocycles. The van der Waals surface area contributed by atoms with Crippen LogP contribution in [0.15, 0.2) is 45.6 Å². The highest BCUT2D eigenvalue weighted by Crippen LogP contribution is 2.29. The fourth-order valence-electron chi connectivity index (χ4n) is 2.75. The summed E-state index contributed by atoms with van der Waals surface area (Å²) in [6.45, 7) is -0.160. The summed E-state index contributed by atoms with van der Waals surface area (Å²) in [4.78, 5) is 34.4. The molecule has 0 unspecified atom stereocenters. The summed E-state index contributed by atoms with van der Waals surface area (Å²) in [6, 6.07) is 8.25. The lowest BCUT2D eigenvalue weighted by Gasteiger charge is -2.10.